The highest BCUT2D eigenvalue weighted by Gasteiger charge is 2.83. The molecule has 2 aromatic carbocycles. The van der Waals surface area contributed by atoms with Crippen molar-refractivity contribution in [3.63, 3.8) is 0 Å². The van der Waals surface area contributed by atoms with Gasteiger partial charge >= 0.3 is 0 Å². The van der Waals surface area contributed by atoms with Crippen LogP contribution in [0.25, 0.3) is 11.8 Å². The Kier molecular flexibility index (Phi) is 10.6. The predicted molar refractivity (Wildman–Crippen MR) is 234 cm³/mol. The van der Waals surface area contributed by atoms with E-state index in [-0.39, 0.29) is 53.9 Å². The molecular weight excluding hydrogens is 816 g/mol. The van der Waals surface area contributed by atoms with Gasteiger partial charge in [-0.15, -0.1) is 11.8 Å². The second-order valence-corrected chi connectivity index (χ2v) is 19.4. The van der Waals surface area contributed by atoms with E-state index in [1.54, 1.807) is 18.7 Å². The number of para-hydroxylation sites is 1. The Morgan fingerprint density at radius 2 is 1.83 bits per heavy atom. The van der Waals surface area contributed by atoms with Crippen molar-refractivity contribution in [3.8, 4) is 17.2 Å². The molecule has 2 aromatic rings. The topological polar surface area (TPSA) is 115 Å². The Hall–Kier alpha value is -3.77. The molecule has 7 aliphatic rings. The van der Waals surface area contributed by atoms with Crippen molar-refractivity contribution in [3.05, 3.63) is 87.6 Å². The van der Waals surface area contributed by atoms with Gasteiger partial charge in [-0.2, -0.15) is 0 Å². The van der Waals surface area contributed by atoms with Crippen molar-refractivity contribution in [2.75, 3.05) is 24.0 Å². The van der Waals surface area contributed by atoms with Crippen LogP contribution in [0.1, 0.15) is 97.8 Å². The number of carbonyl (C=O) groups is 2. The summed E-state index contributed by atoms with van der Waals surface area (Å²) in [6.45, 7) is 16.4. The number of allylic oxidation sites excluding steroid dienone is 4. The van der Waals surface area contributed by atoms with Crippen molar-refractivity contribution >= 4 is 56.8 Å². The number of Topliss-reactive ketones (excluding diaryl/α,β-unsaturated/α-hetero) is 1. The summed E-state index contributed by atoms with van der Waals surface area (Å²) in [5.74, 6) is 1.10. The lowest BCUT2D eigenvalue weighted by atomic mass is 9.49. The number of ether oxygens (including phenoxy) is 4. The molecule has 308 valence electrons. The first-order valence-corrected chi connectivity index (χ1v) is 22.4. The molecular formula is C47H55BrN2O7S. The number of hydrogen-bond donors (Lipinski definition) is 3. The quantitative estimate of drug-likeness (QED) is 0.109. The van der Waals surface area contributed by atoms with Gasteiger partial charge in [-0.1, -0.05) is 41.5 Å². The van der Waals surface area contributed by atoms with E-state index in [0.29, 0.717) is 35.7 Å². The minimum Gasteiger partial charge on any atom is -0.482 e. The van der Waals surface area contributed by atoms with Crippen LogP contribution in [0.15, 0.2) is 75.8 Å². The number of anilines is 1. The van der Waals surface area contributed by atoms with Gasteiger partial charge in [0.25, 0.3) is 0 Å². The molecule has 9 rings (SSSR count). The van der Waals surface area contributed by atoms with Crippen LogP contribution < -0.4 is 24.8 Å². The molecule has 3 N–H and O–H groups in total. The fourth-order valence-corrected chi connectivity index (χ4v) is 11.9. The smallest absolute Gasteiger partial charge is 0.246 e. The molecule has 9 nitrogen and oxygen atoms in total. The Morgan fingerprint density at radius 1 is 1.07 bits per heavy atom. The third-order valence-electron chi connectivity index (χ3n) is 12.8. The summed E-state index contributed by atoms with van der Waals surface area (Å²) < 4.78 is 29.0. The van der Waals surface area contributed by atoms with E-state index < -0.39 is 22.4 Å². The molecule has 0 aromatic heterocycles. The lowest BCUT2D eigenvalue weighted by molar-refractivity contribution is -0.176. The van der Waals surface area contributed by atoms with Gasteiger partial charge in [0.15, 0.2) is 17.0 Å². The molecule has 6 atom stereocenters. The van der Waals surface area contributed by atoms with E-state index in [2.05, 4.69) is 111 Å². The van der Waals surface area contributed by atoms with Gasteiger partial charge in [-0.05, 0) is 121 Å². The average Bonchev–Trinajstić information content (AvgIpc) is 3.26. The molecule has 1 spiro atoms. The van der Waals surface area contributed by atoms with Crippen molar-refractivity contribution in [2.45, 2.75) is 120 Å². The van der Waals surface area contributed by atoms with Gasteiger partial charge in [-0.25, -0.2) is 0 Å². The van der Waals surface area contributed by atoms with Crippen molar-refractivity contribution in [1.82, 2.24) is 5.32 Å². The summed E-state index contributed by atoms with van der Waals surface area (Å²) in [6.07, 6.45) is 13.5. The lowest BCUT2D eigenvalue weighted by Gasteiger charge is -2.61. The van der Waals surface area contributed by atoms with E-state index in [4.69, 9.17) is 18.9 Å². The van der Waals surface area contributed by atoms with Crippen LogP contribution in [0.2, 0.25) is 0 Å². The van der Waals surface area contributed by atoms with Gasteiger partial charge in [0, 0.05) is 51.7 Å². The number of aliphatic hydroxyl groups is 1. The highest BCUT2D eigenvalue weighted by atomic mass is 79.9. The number of alkyl halides is 1. The SMILES string of the molecule is CC(C)=CCCC1(C)C=Cc2c(c(CC=C(C)C)c3c(c2OCBr)C2=C4C(Sc5ccccc5N2)C2CC5C(C)(C)OC(C/C=C(/C)C(=O)NCCO)(C2=O)C45O3)O1. The Bertz CT molecular complexity index is 2230. The van der Waals surface area contributed by atoms with E-state index in [1.807, 2.05) is 18.2 Å². The maximum absolute atomic E-state index is 15.5. The third-order valence-corrected chi connectivity index (χ3v) is 14.5. The lowest BCUT2D eigenvalue weighted by Crippen LogP contribution is -2.75. The summed E-state index contributed by atoms with van der Waals surface area (Å²) in [4.78, 5) is 29.7. The third kappa shape index (κ3) is 6.32. The fraction of sp³-hybridized carbons (Fsp3) is 0.489. The Morgan fingerprint density at radius 3 is 2.55 bits per heavy atom. The van der Waals surface area contributed by atoms with Crippen LogP contribution in [0.3, 0.4) is 0 Å². The molecule has 4 fully saturated rings. The standard InChI is InChI=1S/C47H55BrN2O7S/c1-26(2)12-11-19-45(8)20-18-30-38(55-45)29(16-15-27(3)4)40-35(39(30)54-25-48)37-36-41(58-33-14-10-9-13-32(33)50-37)31-24-34-44(6,7)57-46(42(31)52,47(34,36)56-40)21-17-28(5)43(53)49-22-23-51/h9-10,12-15,17-18,20,31,34,41,50-51H,11,16,19,21-25H2,1-8H3,(H,49,53)/b28-17-. The van der Waals surface area contributed by atoms with Crippen molar-refractivity contribution < 1.29 is 33.6 Å². The number of fused-ring (bicyclic) bond motifs is 4. The van der Waals surface area contributed by atoms with Gasteiger partial charge in [-0.3, -0.25) is 9.59 Å². The second kappa shape index (κ2) is 15.0. The number of rotatable bonds is 12. The molecule has 6 unspecified atom stereocenters. The van der Waals surface area contributed by atoms with E-state index in [1.165, 1.54) is 5.57 Å². The summed E-state index contributed by atoms with van der Waals surface area (Å²) >= 11 is 5.33. The van der Waals surface area contributed by atoms with E-state index in [9.17, 15) is 9.90 Å². The van der Waals surface area contributed by atoms with Crippen LogP contribution in [0.4, 0.5) is 5.69 Å². The zero-order chi connectivity index (χ0) is 41.4. The first-order valence-electron chi connectivity index (χ1n) is 20.4. The van der Waals surface area contributed by atoms with Crippen LogP contribution in [-0.4, -0.2) is 63.1 Å². The monoisotopic (exact) mass is 870 g/mol. The molecule has 4 bridgehead atoms. The zero-order valence-corrected chi connectivity index (χ0v) is 37.2. The molecule has 3 aliphatic carbocycles. The first kappa shape index (κ1) is 41.0. The van der Waals surface area contributed by atoms with Gasteiger partial charge in [0.1, 0.15) is 28.4 Å². The number of benzene rings is 2. The molecule has 1 amide bonds. The molecule has 1 saturated heterocycles. The first-order chi connectivity index (χ1) is 27.6. The van der Waals surface area contributed by atoms with E-state index >= 15 is 4.79 Å². The van der Waals surface area contributed by atoms with Crippen LogP contribution >= 0.6 is 27.7 Å². The molecule has 4 aliphatic heterocycles. The van der Waals surface area contributed by atoms with Crippen LogP contribution in [-0.2, 0) is 20.7 Å². The maximum atomic E-state index is 15.5. The molecule has 58 heavy (non-hydrogen) atoms. The second-order valence-electron chi connectivity index (χ2n) is 17.7. The van der Waals surface area contributed by atoms with Gasteiger partial charge in [0.05, 0.1) is 34.7 Å². The van der Waals surface area contributed by atoms with Gasteiger partial charge in [0.2, 0.25) is 5.91 Å². The Balaban J connectivity index is 1.43. The zero-order valence-electron chi connectivity index (χ0n) is 34.8. The minimum atomic E-state index is -1.45. The summed E-state index contributed by atoms with van der Waals surface area (Å²) in [7, 11) is 0. The van der Waals surface area contributed by atoms with Crippen LogP contribution in [0.5, 0.6) is 17.2 Å². The number of ketones is 1. The largest absolute Gasteiger partial charge is 0.482 e. The number of aliphatic hydroxyl groups excluding tert-OH is 1. The number of carbonyl (C=O) groups excluding carboxylic acids is 2. The molecule has 4 heterocycles. The number of thioether (sulfide) groups is 1. The molecule has 11 heteroatoms. The normalized spacial score (nSPS) is 29.1. The summed E-state index contributed by atoms with van der Waals surface area (Å²) in [5.41, 5.74) is 4.42. The molecule has 0 radical (unpaired) electrons. The minimum absolute atomic E-state index is 0.00402. The highest BCUT2D eigenvalue weighted by molar-refractivity contribution is 9.09. The van der Waals surface area contributed by atoms with Crippen molar-refractivity contribution in [1.29, 1.82) is 0 Å². The summed E-state index contributed by atoms with van der Waals surface area (Å²) in [6, 6.07) is 8.28. The van der Waals surface area contributed by atoms with Gasteiger partial charge < -0.3 is 34.7 Å². The number of nitrogens with one attached hydrogen (secondary N) is 2. The average molecular weight is 872 g/mol. The number of hydrogen-bond acceptors (Lipinski definition) is 9. The van der Waals surface area contributed by atoms with Crippen LogP contribution in [0, 0.1) is 11.8 Å². The maximum Gasteiger partial charge on any atom is 0.246 e. The fourth-order valence-electron chi connectivity index (χ4n) is 10.2. The number of amides is 1. The summed E-state index contributed by atoms with van der Waals surface area (Å²) in [5, 5.41) is 15.9. The number of halogens is 1. The Labute approximate surface area is 354 Å². The predicted octanol–water partition coefficient (Wildman–Crippen LogP) is 9.48. The van der Waals surface area contributed by atoms with E-state index in [0.717, 1.165) is 57.0 Å². The van der Waals surface area contributed by atoms with Crippen molar-refractivity contribution in [2.24, 2.45) is 11.8 Å². The molecule has 3 saturated carbocycles. The highest BCUT2D eigenvalue weighted by Crippen LogP contribution is 2.73.